The summed E-state index contributed by atoms with van der Waals surface area (Å²) in [6.45, 7) is 1.06. The Bertz CT molecular complexity index is 1210. The fraction of sp³-hybridized carbons (Fsp3) is 0.250. The molecule has 5 rings (SSSR count). The molecule has 0 bridgehead atoms. The highest BCUT2D eigenvalue weighted by Gasteiger charge is 2.26. The van der Waals surface area contributed by atoms with Crippen LogP contribution >= 0.6 is 11.6 Å². The second kappa shape index (κ2) is 8.96. The minimum atomic E-state index is -0.160. The fourth-order valence-electron chi connectivity index (χ4n) is 3.75. The quantitative estimate of drug-likeness (QED) is 0.441. The van der Waals surface area contributed by atoms with E-state index in [-0.39, 0.29) is 5.91 Å². The molecule has 1 amide bonds. The fourth-order valence-corrected chi connectivity index (χ4v) is 3.87. The normalized spacial score (nSPS) is 13.3. The summed E-state index contributed by atoms with van der Waals surface area (Å²) in [7, 11) is 0. The molecule has 4 aromatic rings. The molecule has 2 aromatic carbocycles. The van der Waals surface area contributed by atoms with Gasteiger partial charge in [0, 0.05) is 35.8 Å². The first-order chi connectivity index (χ1) is 15.7. The van der Waals surface area contributed by atoms with Crippen molar-refractivity contribution in [3.05, 3.63) is 89.1 Å². The maximum absolute atomic E-state index is 13.1. The van der Waals surface area contributed by atoms with Crippen molar-refractivity contribution >= 4 is 17.5 Å². The minimum absolute atomic E-state index is 0.160. The van der Waals surface area contributed by atoms with Gasteiger partial charge in [0.05, 0.1) is 12.1 Å². The van der Waals surface area contributed by atoms with Crippen molar-refractivity contribution in [1.29, 1.82) is 0 Å². The van der Waals surface area contributed by atoms with Gasteiger partial charge in [-0.1, -0.05) is 54.1 Å². The van der Waals surface area contributed by atoms with Gasteiger partial charge < -0.3 is 9.88 Å². The summed E-state index contributed by atoms with van der Waals surface area (Å²) in [6.07, 6.45) is 6.56. The van der Waals surface area contributed by atoms with Gasteiger partial charge in [-0.25, -0.2) is 0 Å². The van der Waals surface area contributed by atoms with Crippen LogP contribution in [0.25, 0.3) is 11.3 Å². The van der Waals surface area contributed by atoms with Crippen molar-refractivity contribution in [3.8, 4) is 11.3 Å². The molecule has 8 heteroatoms. The van der Waals surface area contributed by atoms with E-state index in [0.717, 1.165) is 17.0 Å². The monoisotopic (exact) mass is 446 g/mol. The molecular weight excluding hydrogens is 424 g/mol. The summed E-state index contributed by atoms with van der Waals surface area (Å²) in [5, 5.41) is 16.6. The van der Waals surface area contributed by atoms with Gasteiger partial charge >= 0.3 is 0 Å². The molecule has 32 heavy (non-hydrogen) atoms. The highest BCUT2D eigenvalue weighted by Crippen LogP contribution is 2.35. The van der Waals surface area contributed by atoms with Crippen LogP contribution in [0.3, 0.4) is 0 Å². The number of carbonyl (C=O) groups excluding carboxylic acids is 1. The lowest BCUT2D eigenvalue weighted by molar-refractivity contribution is 0.0954. The number of benzene rings is 2. The molecule has 0 atom stereocenters. The molecule has 1 fully saturated rings. The van der Waals surface area contributed by atoms with E-state index >= 15 is 0 Å². The SMILES string of the molecule is O=C(NCCc1nncn1C1CC1)c1cn(Cc2ccccc2)nc1-c1ccc(Cl)cc1. The summed E-state index contributed by atoms with van der Waals surface area (Å²) in [5.41, 5.74) is 3.13. The lowest BCUT2D eigenvalue weighted by Crippen LogP contribution is -2.26. The van der Waals surface area contributed by atoms with E-state index in [0.29, 0.717) is 41.8 Å². The molecular formula is C24H23ClN6O. The van der Waals surface area contributed by atoms with E-state index in [1.807, 2.05) is 42.5 Å². The van der Waals surface area contributed by atoms with Crippen LogP contribution in [-0.2, 0) is 13.0 Å². The number of carbonyl (C=O) groups is 1. The van der Waals surface area contributed by atoms with Crippen molar-refractivity contribution in [2.24, 2.45) is 0 Å². The molecule has 162 valence electrons. The molecule has 0 saturated heterocycles. The maximum atomic E-state index is 13.1. The standard InChI is InChI=1S/C24H23ClN6O/c25-19-8-6-18(7-9-19)23-21(15-30(29-23)14-17-4-2-1-3-5-17)24(32)26-13-12-22-28-27-16-31(22)20-10-11-20/h1-9,15-16,20H,10-14H2,(H,26,32). The lowest BCUT2D eigenvalue weighted by Gasteiger charge is -2.07. The van der Waals surface area contributed by atoms with Crippen molar-refractivity contribution < 1.29 is 4.79 Å². The van der Waals surface area contributed by atoms with Gasteiger partial charge in [0.2, 0.25) is 0 Å². The van der Waals surface area contributed by atoms with Crippen LogP contribution < -0.4 is 5.32 Å². The minimum Gasteiger partial charge on any atom is -0.351 e. The molecule has 0 radical (unpaired) electrons. The summed E-state index contributed by atoms with van der Waals surface area (Å²) in [5.74, 6) is 0.747. The molecule has 0 spiro atoms. The first kappa shape index (κ1) is 20.5. The zero-order valence-corrected chi connectivity index (χ0v) is 18.2. The van der Waals surface area contributed by atoms with Gasteiger partial charge in [0.15, 0.2) is 0 Å². The van der Waals surface area contributed by atoms with Crippen LogP contribution in [0.15, 0.2) is 67.1 Å². The average Bonchev–Trinajstić information content (AvgIpc) is 3.40. The molecule has 0 unspecified atom stereocenters. The number of amides is 1. The largest absolute Gasteiger partial charge is 0.351 e. The Hall–Kier alpha value is -3.45. The molecule has 1 N–H and O–H groups in total. The number of rotatable bonds is 8. The third-order valence-electron chi connectivity index (χ3n) is 5.53. The molecule has 7 nitrogen and oxygen atoms in total. The van der Waals surface area contributed by atoms with E-state index < -0.39 is 0 Å². The first-order valence-corrected chi connectivity index (χ1v) is 11.1. The Balaban J connectivity index is 1.34. The summed E-state index contributed by atoms with van der Waals surface area (Å²) in [4.78, 5) is 13.1. The Kier molecular flexibility index (Phi) is 5.73. The van der Waals surface area contributed by atoms with Gasteiger partial charge in [0.1, 0.15) is 17.8 Å². The Morgan fingerprint density at radius 2 is 1.88 bits per heavy atom. The van der Waals surface area contributed by atoms with Gasteiger partial charge in [-0.05, 0) is 30.5 Å². The molecule has 1 aliphatic carbocycles. The Morgan fingerprint density at radius 1 is 1.09 bits per heavy atom. The van der Waals surface area contributed by atoms with Crippen molar-refractivity contribution in [2.75, 3.05) is 6.54 Å². The van der Waals surface area contributed by atoms with E-state index in [1.165, 1.54) is 12.8 Å². The second-order valence-electron chi connectivity index (χ2n) is 7.97. The molecule has 2 heterocycles. The topological polar surface area (TPSA) is 77.6 Å². The summed E-state index contributed by atoms with van der Waals surface area (Å²) in [6, 6.07) is 17.9. The van der Waals surface area contributed by atoms with E-state index in [2.05, 4.69) is 20.1 Å². The van der Waals surface area contributed by atoms with Crippen molar-refractivity contribution in [1.82, 2.24) is 29.9 Å². The maximum Gasteiger partial charge on any atom is 0.255 e. The van der Waals surface area contributed by atoms with Crippen LogP contribution in [0.2, 0.25) is 5.02 Å². The first-order valence-electron chi connectivity index (χ1n) is 10.7. The Morgan fingerprint density at radius 3 is 2.62 bits per heavy atom. The van der Waals surface area contributed by atoms with Crippen LogP contribution in [0.4, 0.5) is 0 Å². The number of nitrogens with one attached hydrogen (secondary N) is 1. The van der Waals surface area contributed by atoms with Crippen molar-refractivity contribution in [2.45, 2.75) is 31.8 Å². The smallest absolute Gasteiger partial charge is 0.255 e. The molecule has 1 saturated carbocycles. The second-order valence-corrected chi connectivity index (χ2v) is 8.41. The van der Waals surface area contributed by atoms with Crippen LogP contribution in [0.1, 0.15) is 40.6 Å². The van der Waals surface area contributed by atoms with Gasteiger partial charge in [-0.2, -0.15) is 5.10 Å². The summed E-state index contributed by atoms with van der Waals surface area (Å²) < 4.78 is 3.92. The molecule has 1 aliphatic rings. The number of nitrogens with zero attached hydrogens (tertiary/aromatic N) is 5. The predicted molar refractivity (Wildman–Crippen MR) is 123 cm³/mol. The number of hydrogen-bond donors (Lipinski definition) is 1. The summed E-state index contributed by atoms with van der Waals surface area (Å²) >= 11 is 6.05. The number of hydrogen-bond acceptors (Lipinski definition) is 4. The predicted octanol–water partition coefficient (Wildman–Crippen LogP) is 4.15. The van der Waals surface area contributed by atoms with Crippen LogP contribution in [0, 0.1) is 0 Å². The highest BCUT2D eigenvalue weighted by atomic mass is 35.5. The number of halogens is 1. The van der Waals surface area contributed by atoms with E-state index in [4.69, 9.17) is 16.7 Å². The van der Waals surface area contributed by atoms with Gasteiger partial charge in [0.25, 0.3) is 5.91 Å². The highest BCUT2D eigenvalue weighted by molar-refractivity contribution is 6.30. The third-order valence-corrected chi connectivity index (χ3v) is 5.79. The third kappa shape index (κ3) is 4.57. The molecule has 2 aromatic heterocycles. The zero-order valence-electron chi connectivity index (χ0n) is 17.5. The van der Waals surface area contributed by atoms with E-state index in [1.54, 1.807) is 29.3 Å². The number of aromatic nitrogens is 5. The van der Waals surface area contributed by atoms with Gasteiger partial charge in [-0.15, -0.1) is 10.2 Å². The van der Waals surface area contributed by atoms with Gasteiger partial charge in [-0.3, -0.25) is 9.48 Å². The lowest BCUT2D eigenvalue weighted by atomic mass is 10.1. The van der Waals surface area contributed by atoms with Crippen molar-refractivity contribution in [3.63, 3.8) is 0 Å². The molecule has 0 aliphatic heterocycles. The zero-order chi connectivity index (χ0) is 21.9. The Labute approximate surface area is 191 Å². The average molecular weight is 447 g/mol. The van der Waals surface area contributed by atoms with Crippen LogP contribution in [-0.4, -0.2) is 37.0 Å². The van der Waals surface area contributed by atoms with Crippen LogP contribution in [0.5, 0.6) is 0 Å². The van der Waals surface area contributed by atoms with E-state index in [9.17, 15) is 4.79 Å².